The van der Waals surface area contributed by atoms with Crippen LogP contribution in [0.5, 0.6) is 0 Å². The van der Waals surface area contributed by atoms with Crippen molar-refractivity contribution in [2.24, 2.45) is 5.92 Å². The molecule has 0 amide bonds. The number of hydrogen-bond acceptors (Lipinski definition) is 4. The van der Waals surface area contributed by atoms with Gasteiger partial charge in [0.15, 0.2) is 0 Å². The molecular formula is C20H25NO4S. The Bertz CT molecular complexity index is 815. The van der Waals surface area contributed by atoms with Gasteiger partial charge >= 0.3 is 5.97 Å². The Balaban J connectivity index is 2.13. The van der Waals surface area contributed by atoms with Crippen molar-refractivity contribution in [3.05, 3.63) is 71.3 Å². The molecule has 0 aromatic heterocycles. The number of sulfonamides is 1. The summed E-state index contributed by atoms with van der Waals surface area (Å²) in [6.07, 6.45) is 0.713. The largest absolute Gasteiger partial charge is 0.465 e. The van der Waals surface area contributed by atoms with Crippen LogP contribution in [0.15, 0.2) is 54.6 Å². The van der Waals surface area contributed by atoms with E-state index in [0.29, 0.717) is 23.5 Å². The number of rotatable bonds is 8. The topological polar surface area (TPSA) is 72.5 Å². The van der Waals surface area contributed by atoms with Crippen molar-refractivity contribution in [3.63, 3.8) is 0 Å². The van der Waals surface area contributed by atoms with Gasteiger partial charge in [-0.05, 0) is 35.6 Å². The molecule has 1 atom stereocenters. The maximum atomic E-state index is 12.6. The molecule has 2 rings (SSSR count). The maximum Gasteiger partial charge on any atom is 0.337 e. The van der Waals surface area contributed by atoms with Gasteiger partial charge in [0.25, 0.3) is 0 Å². The van der Waals surface area contributed by atoms with Gasteiger partial charge in [-0.1, -0.05) is 56.3 Å². The summed E-state index contributed by atoms with van der Waals surface area (Å²) in [5, 5.41) is 0. The summed E-state index contributed by atoms with van der Waals surface area (Å²) < 4.78 is 32.7. The Hall–Kier alpha value is -2.18. The number of esters is 1. The van der Waals surface area contributed by atoms with E-state index in [2.05, 4.69) is 23.3 Å². The van der Waals surface area contributed by atoms with Gasteiger partial charge in [-0.2, -0.15) is 0 Å². The minimum atomic E-state index is -3.53. The first kappa shape index (κ1) is 20.1. The standard InChI is InChI=1S/C20H25NO4S/c1-15(2)13-19(17-7-5-4-6-8-17)21-26(23,24)14-16-9-11-18(12-10-16)20(22)25-3/h4-12,15,19,21H,13-14H2,1-3H3. The van der Waals surface area contributed by atoms with E-state index in [-0.39, 0.29) is 11.8 Å². The van der Waals surface area contributed by atoms with Gasteiger partial charge in [0.1, 0.15) is 0 Å². The molecule has 0 spiro atoms. The van der Waals surface area contributed by atoms with Crippen molar-refractivity contribution in [1.82, 2.24) is 4.72 Å². The molecule has 6 heteroatoms. The molecule has 0 bridgehead atoms. The van der Waals surface area contributed by atoms with E-state index in [0.717, 1.165) is 5.56 Å². The van der Waals surface area contributed by atoms with Crippen molar-refractivity contribution >= 4 is 16.0 Å². The smallest absolute Gasteiger partial charge is 0.337 e. The SMILES string of the molecule is COC(=O)c1ccc(CS(=O)(=O)NC(CC(C)C)c2ccccc2)cc1. The molecule has 26 heavy (non-hydrogen) atoms. The average molecular weight is 375 g/mol. The normalized spacial score (nSPS) is 12.8. The zero-order chi connectivity index (χ0) is 19.2. The van der Waals surface area contributed by atoms with Crippen LogP contribution in [-0.2, 0) is 20.5 Å². The molecule has 2 aromatic carbocycles. The summed E-state index contributed by atoms with van der Waals surface area (Å²) >= 11 is 0. The molecule has 0 radical (unpaired) electrons. The van der Waals surface area contributed by atoms with Gasteiger partial charge in [0, 0.05) is 6.04 Å². The van der Waals surface area contributed by atoms with Crippen molar-refractivity contribution in [3.8, 4) is 0 Å². The van der Waals surface area contributed by atoms with Gasteiger partial charge in [-0.25, -0.2) is 17.9 Å². The lowest BCUT2D eigenvalue weighted by atomic mass is 9.98. The molecule has 140 valence electrons. The lowest BCUT2D eigenvalue weighted by Gasteiger charge is -2.21. The van der Waals surface area contributed by atoms with Crippen molar-refractivity contribution in [1.29, 1.82) is 0 Å². The highest BCUT2D eigenvalue weighted by Crippen LogP contribution is 2.23. The fourth-order valence-electron chi connectivity index (χ4n) is 2.74. The van der Waals surface area contributed by atoms with Crippen molar-refractivity contribution in [2.45, 2.75) is 32.1 Å². The molecule has 0 aliphatic carbocycles. The zero-order valence-corrected chi connectivity index (χ0v) is 16.1. The number of carbonyl (C=O) groups excluding carboxylic acids is 1. The molecule has 0 fully saturated rings. The summed E-state index contributed by atoms with van der Waals surface area (Å²) in [6, 6.07) is 15.7. The van der Waals surface area contributed by atoms with E-state index < -0.39 is 16.0 Å². The Labute approximate surface area is 155 Å². The second kappa shape index (κ2) is 8.96. The van der Waals surface area contributed by atoms with Gasteiger partial charge < -0.3 is 4.74 Å². The summed E-state index contributed by atoms with van der Waals surface area (Å²) in [5.41, 5.74) is 1.95. The highest BCUT2D eigenvalue weighted by atomic mass is 32.2. The third kappa shape index (κ3) is 5.97. The maximum absolute atomic E-state index is 12.6. The number of benzene rings is 2. The van der Waals surface area contributed by atoms with Crippen LogP contribution in [0.4, 0.5) is 0 Å². The van der Waals surface area contributed by atoms with E-state index in [1.807, 2.05) is 30.3 Å². The number of nitrogens with one attached hydrogen (secondary N) is 1. The molecular weight excluding hydrogens is 350 g/mol. The minimum absolute atomic E-state index is 0.143. The fourth-order valence-corrected chi connectivity index (χ4v) is 4.12. The summed E-state index contributed by atoms with van der Waals surface area (Å²) in [4.78, 5) is 11.5. The van der Waals surface area contributed by atoms with Crippen LogP contribution in [0.3, 0.4) is 0 Å². The highest BCUT2D eigenvalue weighted by Gasteiger charge is 2.21. The van der Waals surface area contributed by atoms with Crippen LogP contribution >= 0.6 is 0 Å². The average Bonchev–Trinajstić information content (AvgIpc) is 2.61. The predicted octanol–water partition coefficient (Wildman–Crippen LogP) is 3.68. The lowest BCUT2D eigenvalue weighted by molar-refractivity contribution is 0.0600. The third-order valence-electron chi connectivity index (χ3n) is 3.96. The molecule has 0 aliphatic rings. The van der Waals surface area contributed by atoms with Gasteiger partial charge in [-0.3, -0.25) is 0 Å². The first-order valence-electron chi connectivity index (χ1n) is 8.53. The first-order valence-corrected chi connectivity index (χ1v) is 10.2. The van der Waals surface area contributed by atoms with Crippen LogP contribution < -0.4 is 4.72 Å². The van der Waals surface area contributed by atoms with Crippen LogP contribution in [-0.4, -0.2) is 21.5 Å². The van der Waals surface area contributed by atoms with E-state index in [1.165, 1.54) is 7.11 Å². The number of ether oxygens (including phenoxy) is 1. The molecule has 1 unspecified atom stereocenters. The molecule has 0 heterocycles. The molecule has 2 aromatic rings. The number of hydrogen-bond donors (Lipinski definition) is 1. The van der Waals surface area contributed by atoms with E-state index in [1.54, 1.807) is 24.3 Å². The van der Waals surface area contributed by atoms with E-state index in [4.69, 9.17) is 0 Å². The van der Waals surface area contributed by atoms with E-state index in [9.17, 15) is 13.2 Å². The highest BCUT2D eigenvalue weighted by molar-refractivity contribution is 7.88. The van der Waals surface area contributed by atoms with Gasteiger partial charge in [0.2, 0.25) is 10.0 Å². The molecule has 0 saturated carbocycles. The predicted molar refractivity (Wildman–Crippen MR) is 102 cm³/mol. The van der Waals surface area contributed by atoms with E-state index >= 15 is 0 Å². The van der Waals surface area contributed by atoms with Crippen molar-refractivity contribution < 1.29 is 17.9 Å². The Morgan fingerprint density at radius 1 is 1.04 bits per heavy atom. The summed E-state index contributed by atoms with van der Waals surface area (Å²) in [5.74, 6) is -0.239. The van der Waals surface area contributed by atoms with Crippen LogP contribution in [0.1, 0.15) is 47.8 Å². The molecule has 5 nitrogen and oxygen atoms in total. The first-order chi connectivity index (χ1) is 12.3. The quantitative estimate of drug-likeness (QED) is 0.715. The number of carbonyl (C=O) groups is 1. The zero-order valence-electron chi connectivity index (χ0n) is 15.3. The number of methoxy groups -OCH3 is 1. The summed E-state index contributed by atoms with van der Waals surface area (Å²) in [7, 11) is -2.22. The minimum Gasteiger partial charge on any atom is -0.465 e. The summed E-state index contributed by atoms with van der Waals surface area (Å²) in [6.45, 7) is 4.13. The third-order valence-corrected chi connectivity index (χ3v) is 5.32. The molecule has 1 N–H and O–H groups in total. The Kier molecular flexibility index (Phi) is 6.94. The van der Waals surface area contributed by atoms with Crippen LogP contribution in [0, 0.1) is 5.92 Å². The fraction of sp³-hybridized carbons (Fsp3) is 0.350. The van der Waals surface area contributed by atoms with Crippen LogP contribution in [0.2, 0.25) is 0 Å². The van der Waals surface area contributed by atoms with Crippen LogP contribution in [0.25, 0.3) is 0 Å². The monoisotopic (exact) mass is 375 g/mol. The van der Waals surface area contributed by atoms with Gasteiger partial charge in [-0.15, -0.1) is 0 Å². The van der Waals surface area contributed by atoms with Gasteiger partial charge in [0.05, 0.1) is 18.4 Å². The molecule has 0 aliphatic heterocycles. The van der Waals surface area contributed by atoms with Crippen molar-refractivity contribution in [2.75, 3.05) is 7.11 Å². The lowest BCUT2D eigenvalue weighted by Crippen LogP contribution is -2.30. The Morgan fingerprint density at radius 3 is 2.19 bits per heavy atom. The molecule has 0 saturated heterocycles. The Morgan fingerprint density at radius 2 is 1.65 bits per heavy atom. The second-order valence-electron chi connectivity index (χ2n) is 6.66. The second-order valence-corrected chi connectivity index (χ2v) is 8.41.